The Morgan fingerprint density at radius 3 is 2.88 bits per heavy atom. The molecule has 2 aliphatic heterocycles. The number of hydrogen-bond acceptors (Lipinski definition) is 5. The number of aromatic nitrogens is 1. The topological polar surface area (TPSA) is 60.9 Å². The highest BCUT2D eigenvalue weighted by Crippen LogP contribution is 2.41. The van der Waals surface area contributed by atoms with Crippen molar-refractivity contribution in [1.29, 1.82) is 0 Å². The van der Waals surface area contributed by atoms with E-state index in [0.29, 0.717) is 31.5 Å². The first-order chi connectivity index (χ1) is 12.8. The zero-order valence-electron chi connectivity index (χ0n) is 15.3. The van der Waals surface area contributed by atoms with Crippen molar-refractivity contribution in [3.63, 3.8) is 0 Å². The molecule has 26 heavy (non-hydrogen) atoms. The standard InChI is InChI=1S/C20H28N2O4/c23-19(13-25-17-5-1-2-6-17)22-14-20(15-22)16(9-12-26-20)8-11-24-18-7-3-4-10-21-18/h3-4,7,10,16-17H,1-2,5-6,8-9,11-15H2/t16-/m0/s1. The summed E-state index contributed by atoms with van der Waals surface area (Å²) in [6.07, 6.45) is 8.62. The predicted molar refractivity (Wildman–Crippen MR) is 95.9 cm³/mol. The first-order valence-corrected chi connectivity index (χ1v) is 9.82. The molecule has 1 aromatic rings. The van der Waals surface area contributed by atoms with Crippen LogP contribution < -0.4 is 4.74 Å². The molecule has 1 amide bonds. The van der Waals surface area contributed by atoms with Gasteiger partial charge in [0.15, 0.2) is 0 Å². The van der Waals surface area contributed by atoms with Crippen molar-refractivity contribution >= 4 is 5.91 Å². The van der Waals surface area contributed by atoms with Gasteiger partial charge in [0.1, 0.15) is 12.2 Å². The fourth-order valence-electron chi connectivity index (χ4n) is 4.39. The highest BCUT2D eigenvalue weighted by molar-refractivity contribution is 5.78. The van der Waals surface area contributed by atoms with Crippen LogP contribution in [0.25, 0.3) is 0 Å². The van der Waals surface area contributed by atoms with E-state index >= 15 is 0 Å². The Hall–Kier alpha value is -1.66. The molecule has 142 valence electrons. The molecule has 3 fully saturated rings. The summed E-state index contributed by atoms with van der Waals surface area (Å²) in [6.45, 7) is 3.00. The van der Waals surface area contributed by atoms with Crippen molar-refractivity contribution in [2.75, 3.05) is 32.9 Å². The van der Waals surface area contributed by atoms with E-state index in [2.05, 4.69) is 4.98 Å². The van der Waals surface area contributed by atoms with Gasteiger partial charge in [-0.2, -0.15) is 0 Å². The Bertz CT molecular complexity index is 597. The minimum Gasteiger partial charge on any atom is -0.478 e. The molecule has 3 aliphatic rings. The second-order valence-corrected chi connectivity index (χ2v) is 7.67. The normalized spacial score (nSPS) is 24.8. The van der Waals surface area contributed by atoms with Gasteiger partial charge in [-0.15, -0.1) is 0 Å². The van der Waals surface area contributed by atoms with E-state index in [0.717, 1.165) is 32.3 Å². The van der Waals surface area contributed by atoms with Crippen LogP contribution in [0.3, 0.4) is 0 Å². The first kappa shape index (κ1) is 17.7. The molecule has 0 radical (unpaired) electrons. The monoisotopic (exact) mass is 360 g/mol. The number of hydrogen-bond donors (Lipinski definition) is 0. The molecule has 1 aliphatic carbocycles. The number of likely N-dealkylation sites (tertiary alicyclic amines) is 1. The molecule has 1 saturated carbocycles. The van der Waals surface area contributed by atoms with Crippen molar-refractivity contribution in [2.24, 2.45) is 5.92 Å². The van der Waals surface area contributed by atoms with Gasteiger partial charge >= 0.3 is 0 Å². The molecule has 0 N–H and O–H groups in total. The molecule has 6 heteroatoms. The molecule has 1 spiro atoms. The molecule has 4 rings (SSSR count). The van der Waals surface area contributed by atoms with E-state index in [1.54, 1.807) is 6.20 Å². The van der Waals surface area contributed by atoms with Gasteiger partial charge in [-0.25, -0.2) is 4.98 Å². The van der Waals surface area contributed by atoms with Crippen molar-refractivity contribution in [3.05, 3.63) is 24.4 Å². The van der Waals surface area contributed by atoms with Gasteiger partial charge in [0, 0.05) is 18.9 Å². The van der Waals surface area contributed by atoms with Crippen LogP contribution in [-0.4, -0.2) is 60.4 Å². The Labute approximate surface area is 154 Å². The van der Waals surface area contributed by atoms with Gasteiger partial charge in [-0.1, -0.05) is 18.9 Å². The van der Waals surface area contributed by atoms with E-state index in [-0.39, 0.29) is 24.2 Å². The number of rotatable bonds is 7. The van der Waals surface area contributed by atoms with Crippen LogP contribution in [0.1, 0.15) is 38.5 Å². The molecule has 0 bridgehead atoms. The number of carbonyl (C=O) groups is 1. The fourth-order valence-corrected chi connectivity index (χ4v) is 4.39. The lowest BCUT2D eigenvalue weighted by atomic mass is 9.79. The maximum atomic E-state index is 12.3. The maximum Gasteiger partial charge on any atom is 0.248 e. The second-order valence-electron chi connectivity index (χ2n) is 7.67. The minimum absolute atomic E-state index is 0.0986. The lowest BCUT2D eigenvalue weighted by molar-refractivity contribution is -0.171. The van der Waals surface area contributed by atoms with Crippen molar-refractivity contribution in [2.45, 2.75) is 50.2 Å². The molecule has 1 aromatic heterocycles. The van der Waals surface area contributed by atoms with Crippen molar-refractivity contribution in [1.82, 2.24) is 9.88 Å². The summed E-state index contributed by atoms with van der Waals surface area (Å²) in [5, 5.41) is 0. The predicted octanol–water partition coefficient (Wildman–Crippen LogP) is 2.43. The number of amides is 1. The summed E-state index contributed by atoms with van der Waals surface area (Å²) >= 11 is 0. The molecule has 1 atom stereocenters. The number of nitrogens with zero attached hydrogens (tertiary/aromatic N) is 2. The van der Waals surface area contributed by atoms with Crippen LogP contribution in [0.15, 0.2) is 24.4 Å². The quantitative estimate of drug-likeness (QED) is 0.747. The molecular formula is C20H28N2O4. The van der Waals surface area contributed by atoms with Crippen LogP contribution in [0.4, 0.5) is 0 Å². The molecule has 3 heterocycles. The van der Waals surface area contributed by atoms with E-state index in [9.17, 15) is 4.79 Å². The largest absolute Gasteiger partial charge is 0.478 e. The van der Waals surface area contributed by atoms with Gasteiger partial charge in [-0.3, -0.25) is 4.79 Å². The number of carbonyl (C=O) groups excluding carboxylic acids is 1. The van der Waals surface area contributed by atoms with Crippen LogP contribution in [0.2, 0.25) is 0 Å². The van der Waals surface area contributed by atoms with Crippen LogP contribution in [-0.2, 0) is 14.3 Å². The highest BCUT2D eigenvalue weighted by atomic mass is 16.5. The average Bonchev–Trinajstić information content (AvgIpc) is 3.29. The molecular weight excluding hydrogens is 332 g/mol. The first-order valence-electron chi connectivity index (χ1n) is 9.82. The minimum atomic E-state index is -0.170. The van der Waals surface area contributed by atoms with E-state index in [4.69, 9.17) is 14.2 Å². The Kier molecular flexibility index (Phi) is 5.41. The lowest BCUT2D eigenvalue weighted by Crippen LogP contribution is -2.66. The van der Waals surface area contributed by atoms with Crippen LogP contribution in [0, 0.1) is 5.92 Å². The molecule has 0 aromatic carbocycles. The Balaban J connectivity index is 1.20. The summed E-state index contributed by atoms with van der Waals surface area (Å²) < 4.78 is 17.5. The van der Waals surface area contributed by atoms with E-state index in [1.807, 2.05) is 23.1 Å². The molecule has 6 nitrogen and oxygen atoms in total. The summed E-state index contributed by atoms with van der Waals surface area (Å²) in [7, 11) is 0. The van der Waals surface area contributed by atoms with Crippen molar-refractivity contribution in [3.8, 4) is 5.88 Å². The molecule has 0 unspecified atom stereocenters. The summed E-state index contributed by atoms with van der Waals surface area (Å²) in [5.74, 6) is 1.20. The molecule has 2 saturated heterocycles. The summed E-state index contributed by atoms with van der Waals surface area (Å²) in [5.41, 5.74) is -0.170. The second kappa shape index (κ2) is 7.92. The lowest BCUT2D eigenvalue weighted by Gasteiger charge is -2.50. The third-order valence-electron chi connectivity index (χ3n) is 5.97. The number of pyridine rings is 1. The fraction of sp³-hybridized carbons (Fsp3) is 0.700. The van der Waals surface area contributed by atoms with Crippen molar-refractivity contribution < 1.29 is 19.0 Å². The van der Waals surface area contributed by atoms with Gasteiger partial charge in [0.2, 0.25) is 11.8 Å². The zero-order chi connectivity index (χ0) is 17.8. The Morgan fingerprint density at radius 1 is 1.27 bits per heavy atom. The van der Waals surface area contributed by atoms with Gasteiger partial charge in [0.25, 0.3) is 0 Å². The smallest absolute Gasteiger partial charge is 0.248 e. The van der Waals surface area contributed by atoms with E-state index in [1.165, 1.54) is 12.8 Å². The zero-order valence-corrected chi connectivity index (χ0v) is 15.3. The SMILES string of the molecule is O=C(COC1CCCC1)N1CC2(C1)OCC[C@@H]2CCOc1ccccn1. The van der Waals surface area contributed by atoms with Crippen LogP contribution in [0.5, 0.6) is 5.88 Å². The Morgan fingerprint density at radius 2 is 2.12 bits per heavy atom. The maximum absolute atomic E-state index is 12.3. The average molecular weight is 360 g/mol. The van der Waals surface area contributed by atoms with Gasteiger partial charge in [-0.05, 0) is 37.7 Å². The third kappa shape index (κ3) is 3.86. The van der Waals surface area contributed by atoms with E-state index < -0.39 is 0 Å². The van der Waals surface area contributed by atoms with Crippen LogP contribution >= 0.6 is 0 Å². The van der Waals surface area contributed by atoms with Gasteiger partial charge < -0.3 is 19.1 Å². The summed E-state index contributed by atoms with van der Waals surface area (Å²) in [4.78, 5) is 18.4. The third-order valence-corrected chi connectivity index (χ3v) is 5.97. The highest BCUT2D eigenvalue weighted by Gasteiger charge is 2.54. The van der Waals surface area contributed by atoms with Gasteiger partial charge in [0.05, 0.1) is 25.8 Å². The number of ether oxygens (including phenoxy) is 3. The summed E-state index contributed by atoms with van der Waals surface area (Å²) in [6, 6.07) is 5.67.